The molecular weight excluding hydrogens is 420 g/mol. The molecule has 1 N–H and O–H groups in total. The molecule has 2 aliphatic rings. The van der Waals surface area contributed by atoms with E-state index >= 15 is 0 Å². The molecule has 2 aromatic heterocycles. The van der Waals surface area contributed by atoms with E-state index in [1.165, 1.54) is 43.0 Å². The fourth-order valence-electron chi connectivity index (χ4n) is 5.32. The van der Waals surface area contributed by atoms with Crippen LogP contribution < -0.4 is 10.2 Å². The van der Waals surface area contributed by atoms with Gasteiger partial charge in [0, 0.05) is 57.0 Å². The minimum atomic E-state index is 0.837. The van der Waals surface area contributed by atoms with Crippen LogP contribution in [0, 0.1) is 5.92 Å². The second kappa shape index (κ2) is 10.9. The smallest absolute Gasteiger partial charge is 0.136 e. The molecule has 0 saturated carbocycles. The van der Waals surface area contributed by atoms with Gasteiger partial charge in [-0.05, 0) is 61.7 Å². The summed E-state index contributed by atoms with van der Waals surface area (Å²) in [5.41, 5.74) is 1.01. The number of likely N-dealkylation sites (tertiary alicyclic amines) is 1. The maximum Gasteiger partial charge on any atom is 0.136 e. The summed E-state index contributed by atoms with van der Waals surface area (Å²) >= 11 is 0. The third-order valence-electron chi connectivity index (χ3n) is 7.36. The van der Waals surface area contributed by atoms with E-state index in [4.69, 9.17) is 4.98 Å². The number of pyridine rings is 2. The number of piperazine rings is 1. The van der Waals surface area contributed by atoms with Crippen molar-refractivity contribution in [1.29, 1.82) is 0 Å². The lowest BCUT2D eigenvalue weighted by molar-refractivity contribution is 0.203. The van der Waals surface area contributed by atoms with Gasteiger partial charge in [0.1, 0.15) is 5.82 Å². The molecule has 0 aliphatic carbocycles. The zero-order chi connectivity index (χ0) is 23.2. The summed E-state index contributed by atoms with van der Waals surface area (Å²) in [5, 5.41) is 5.93. The highest BCUT2D eigenvalue weighted by Gasteiger charge is 2.22. The van der Waals surface area contributed by atoms with Gasteiger partial charge in [0.15, 0.2) is 0 Å². The van der Waals surface area contributed by atoms with E-state index in [0.717, 1.165) is 62.5 Å². The summed E-state index contributed by atoms with van der Waals surface area (Å²) in [7, 11) is 0. The Balaban J connectivity index is 1.01. The number of aromatic nitrogens is 2. The first kappa shape index (κ1) is 22.7. The fraction of sp³-hybridized carbons (Fsp3) is 0.429. The van der Waals surface area contributed by atoms with Crippen LogP contribution in [0.1, 0.15) is 25.7 Å². The van der Waals surface area contributed by atoms with Crippen molar-refractivity contribution in [3.63, 3.8) is 0 Å². The number of fused-ring (bicyclic) bond motifs is 1. The van der Waals surface area contributed by atoms with Crippen LogP contribution in [0.25, 0.3) is 10.8 Å². The average molecular weight is 457 g/mol. The lowest BCUT2D eigenvalue weighted by atomic mass is 9.92. The van der Waals surface area contributed by atoms with Crippen LogP contribution in [0.15, 0.2) is 73.5 Å². The molecule has 3 aromatic rings. The molecule has 2 fully saturated rings. The molecule has 34 heavy (non-hydrogen) atoms. The van der Waals surface area contributed by atoms with Crippen LogP contribution >= 0.6 is 0 Å². The minimum absolute atomic E-state index is 0.837. The zero-order valence-corrected chi connectivity index (χ0v) is 20.1. The summed E-state index contributed by atoms with van der Waals surface area (Å²) in [4.78, 5) is 16.4. The van der Waals surface area contributed by atoms with Gasteiger partial charge >= 0.3 is 0 Å². The summed E-state index contributed by atoms with van der Waals surface area (Å²) in [6.45, 7) is 12.0. The van der Waals surface area contributed by atoms with Gasteiger partial charge in [0.25, 0.3) is 0 Å². The normalized spacial score (nSPS) is 17.8. The number of nitrogens with one attached hydrogen (secondary N) is 1. The van der Waals surface area contributed by atoms with Crippen molar-refractivity contribution in [2.75, 3.05) is 56.0 Å². The minimum Gasteiger partial charge on any atom is -0.359 e. The topological polar surface area (TPSA) is 47.5 Å². The lowest BCUT2D eigenvalue weighted by Gasteiger charge is -2.37. The van der Waals surface area contributed by atoms with Crippen molar-refractivity contribution < 1.29 is 0 Å². The van der Waals surface area contributed by atoms with E-state index < -0.39 is 0 Å². The quantitative estimate of drug-likeness (QED) is 0.524. The maximum absolute atomic E-state index is 4.71. The van der Waals surface area contributed by atoms with E-state index in [0.29, 0.717) is 0 Å². The molecule has 6 heteroatoms. The molecule has 2 saturated heterocycles. The van der Waals surface area contributed by atoms with Gasteiger partial charge in [-0.3, -0.25) is 9.88 Å². The Hall–Kier alpha value is -3.12. The van der Waals surface area contributed by atoms with Crippen LogP contribution in [-0.4, -0.2) is 65.6 Å². The van der Waals surface area contributed by atoms with Crippen molar-refractivity contribution >= 4 is 22.3 Å². The molecule has 4 heterocycles. The predicted octanol–water partition coefficient (Wildman–Crippen LogP) is 4.83. The largest absolute Gasteiger partial charge is 0.359 e. The summed E-state index contributed by atoms with van der Waals surface area (Å²) in [6.07, 6.45) is 10.7. The highest BCUT2D eigenvalue weighted by Crippen LogP contribution is 2.26. The van der Waals surface area contributed by atoms with Crippen molar-refractivity contribution in [1.82, 2.24) is 19.8 Å². The van der Waals surface area contributed by atoms with E-state index in [9.17, 15) is 0 Å². The second-order valence-corrected chi connectivity index (χ2v) is 9.57. The van der Waals surface area contributed by atoms with Gasteiger partial charge in [-0.2, -0.15) is 0 Å². The Morgan fingerprint density at radius 3 is 2.56 bits per heavy atom. The summed E-state index contributed by atoms with van der Waals surface area (Å²) in [5.74, 6) is 2.97. The highest BCUT2D eigenvalue weighted by atomic mass is 15.3. The molecule has 0 atom stereocenters. The number of anilines is 2. The van der Waals surface area contributed by atoms with Crippen LogP contribution in [0.2, 0.25) is 0 Å². The molecule has 6 nitrogen and oxygen atoms in total. The van der Waals surface area contributed by atoms with Crippen LogP contribution in [0.3, 0.4) is 0 Å². The highest BCUT2D eigenvalue weighted by molar-refractivity contribution is 5.92. The first-order valence-corrected chi connectivity index (χ1v) is 12.7. The molecule has 1 aromatic carbocycles. The van der Waals surface area contributed by atoms with Crippen LogP contribution in [0.4, 0.5) is 11.5 Å². The Labute approximate surface area is 203 Å². The standard InChI is InChI=1S/C28H36N6/c1-23(31-26-8-4-13-29-22-26)33-16-11-24(12-17-33)6-5-15-32-18-20-34(21-19-32)28-27-9-3-2-7-25(27)10-14-30-28/h2-4,7-10,13-14,22,24,31H,1,5-6,11-12,15-21H2. The number of piperidine rings is 1. The van der Waals surface area contributed by atoms with Gasteiger partial charge < -0.3 is 15.1 Å². The molecule has 0 amide bonds. The number of hydrogen-bond acceptors (Lipinski definition) is 6. The molecule has 0 bridgehead atoms. The second-order valence-electron chi connectivity index (χ2n) is 9.57. The average Bonchev–Trinajstić information content (AvgIpc) is 2.90. The molecule has 178 valence electrons. The number of rotatable bonds is 8. The molecular formula is C28H36N6. The number of nitrogens with zero attached hydrogens (tertiary/aromatic N) is 5. The molecule has 5 rings (SSSR count). The molecule has 0 radical (unpaired) electrons. The van der Waals surface area contributed by atoms with Crippen LogP contribution in [-0.2, 0) is 0 Å². The van der Waals surface area contributed by atoms with Gasteiger partial charge in [-0.25, -0.2) is 4.98 Å². The number of hydrogen-bond donors (Lipinski definition) is 1. The monoisotopic (exact) mass is 456 g/mol. The van der Waals surface area contributed by atoms with E-state index in [1.807, 2.05) is 24.5 Å². The first-order chi connectivity index (χ1) is 16.8. The predicted molar refractivity (Wildman–Crippen MR) is 141 cm³/mol. The van der Waals surface area contributed by atoms with Gasteiger partial charge in [-0.1, -0.05) is 30.8 Å². The first-order valence-electron chi connectivity index (χ1n) is 12.7. The van der Waals surface area contributed by atoms with Gasteiger partial charge in [-0.15, -0.1) is 0 Å². The fourth-order valence-corrected chi connectivity index (χ4v) is 5.32. The third-order valence-corrected chi connectivity index (χ3v) is 7.36. The van der Waals surface area contributed by atoms with Crippen molar-refractivity contribution in [2.24, 2.45) is 5.92 Å². The van der Waals surface area contributed by atoms with Crippen molar-refractivity contribution in [3.8, 4) is 0 Å². The lowest BCUT2D eigenvalue weighted by Crippen LogP contribution is -2.47. The third kappa shape index (κ3) is 5.50. The van der Waals surface area contributed by atoms with Crippen molar-refractivity contribution in [2.45, 2.75) is 25.7 Å². The summed E-state index contributed by atoms with van der Waals surface area (Å²) in [6, 6.07) is 14.7. The zero-order valence-electron chi connectivity index (χ0n) is 20.1. The van der Waals surface area contributed by atoms with E-state index in [2.05, 4.69) is 61.9 Å². The van der Waals surface area contributed by atoms with E-state index in [1.54, 1.807) is 6.20 Å². The van der Waals surface area contributed by atoms with Crippen LogP contribution in [0.5, 0.6) is 0 Å². The Morgan fingerprint density at radius 1 is 0.941 bits per heavy atom. The Morgan fingerprint density at radius 2 is 1.76 bits per heavy atom. The molecule has 2 aliphatic heterocycles. The Bertz CT molecular complexity index is 1060. The maximum atomic E-state index is 4.71. The van der Waals surface area contributed by atoms with Gasteiger partial charge in [0.05, 0.1) is 17.7 Å². The number of benzene rings is 1. The van der Waals surface area contributed by atoms with Gasteiger partial charge in [0.2, 0.25) is 0 Å². The molecule has 0 unspecified atom stereocenters. The summed E-state index contributed by atoms with van der Waals surface area (Å²) < 4.78 is 0. The molecule has 0 spiro atoms. The van der Waals surface area contributed by atoms with E-state index in [-0.39, 0.29) is 0 Å². The SMILES string of the molecule is C=C(Nc1cccnc1)N1CCC(CCCN2CCN(c3nccc4ccccc34)CC2)CC1. The Kier molecular flexibility index (Phi) is 7.25. The van der Waals surface area contributed by atoms with Crippen molar-refractivity contribution in [3.05, 3.63) is 73.5 Å².